The number of nitrogens with one attached hydrogen (secondary N) is 1. The first-order valence-electron chi connectivity index (χ1n) is 8.51. The Balaban J connectivity index is 1.65. The Kier molecular flexibility index (Phi) is 6.42. The number of hydrogen-bond acceptors (Lipinski definition) is 5. The number of carbonyl (C=O) groups excluding carboxylic acids is 2. The van der Waals surface area contributed by atoms with Crippen molar-refractivity contribution in [1.29, 1.82) is 0 Å². The number of carbonyl (C=O) groups is 2. The fraction of sp³-hybridized carbons (Fsp3) is 0.150. The predicted molar refractivity (Wildman–Crippen MR) is 108 cm³/mol. The van der Waals surface area contributed by atoms with Crippen LogP contribution < -0.4 is 5.32 Å². The van der Waals surface area contributed by atoms with E-state index in [0.717, 1.165) is 29.0 Å². The van der Waals surface area contributed by atoms with Crippen LogP contribution in [0.25, 0.3) is 10.6 Å². The molecule has 2 aromatic carbocycles. The number of nitrogens with zero attached hydrogens (tertiary/aromatic N) is 1. The lowest BCUT2D eigenvalue weighted by Gasteiger charge is -2.13. The fourth-order valence-corrected chi connectivity index (χ4v) is 3.62. The molecule has 3 aromatic rings. The van der Waals surface area contributed by atoms with Crippen molar-refractivity contribution in [3.63, 3.8) is 0 Å². The van der Waals surface area contributed by atoms with Gasteiger partial charge in [0, 0.05) is 10.6 Å². The van der Waals surface area contributed by atoms with E-state index in [1.807, 2.05) is 0 Å². The van der Waals surface area contributed by atoms with Crippen LogP contribution in [0, 0.1) is 6.92 Å². The second-order valence-electron chi connectivity index (χ2n) is 6.11. The van der Waals surface area contributed by atoms with Gasteiger partial charge in [0.15, 0.2) is 6.61 Å². The van der Waals surface area contributed by atoms with Gasteiger partial charge in [0.05, 0.1) is 16.9 Å². The van der Waals surface area contributed by atoms with Crippen molar-refractivity contribution in [2.24, 2.45) is 0 Å². The monoisotopic (exact) mass is 454 g/mol. The van der Waals surface area contributed by atoms with Gasteiger partial charge < -0.3 is 10.1 Å². The van der Waals surface area contributed by atoms with Crippen LogP contribution in [0.1, 0.15) is 20.9 Å². The Morgan fingerprint density at radius 2 is 1.80 bits per heavy atom. The van der Waals surface area contributed by atoms with Crippen molar-refractivity contribution in [1.82, 2.24) is 4.98 Å². The predicted octanol–water partition coefficient (Wildman–Crippen LogP) is 5.59. The van der Waals surface area contributed by atoms with Crippen molar-refractivity contribution in [3.8, 4) is 10.6 Å². The van der Waals surface area contributed by atoms with Crippen molar-refractivity contribution in [3.05, 3.63) is 69.7 Å². The summed E-state index contributed by atoms with van der Waals surface area (Å²) < 4.78 is 43.9. The summed E-state index contributed by atoms with van der Waals surface area (Å²) in [6.07, 6.45) is -4.63. The van der Waals surface area contributed by atoms with Gasteiger partial charge in [0.1, 0.15) is 9.88 Å². The molecule has 1 amide bonds. The van der Waals surface area contributed by atoms with Gasteiger partial charge >= 0.3 is 12.1 Å². The largest absolute Gasteiger partial charge is 0.451 e. The highest BCUT2D eigenvalue weighted by Gasteiger charge is 2.33. The zero-order chi connectivity index (χ0) is 21.9. The van der Waals surface area contributed by atoms with Gasteiger partial charge in [-0.15, -0.1) is 11.3 Å². The molecule has 10 heteroatoms. The second kappa shape index (κ2) is 8.85. The maximum Gasteiger partial charge on any atom is 0.418 e. The summed E-state index contributed by atoms with van der Waals surface area (Å²) in [6, 6.07) is 11.4. The molecule has 0 atom stereocenters. The molecule has 0 aliphatic carbocycles. The normalized spacial score (nSPS) is 11.2. The number of benzene rings is 2. The molecule has 0 spiro atoms. The summed E-state index contributed by atoms with van der Waals surface area (Å²) in [5.74, 6) is -1.68. The molecule has 1 N–H and O–H groups in total. The average molecular weight is 455 g/mol. The van der Waals surface area contributed by atoms with E-state index >= 15 is 0 Å². The number of para-hydroxylation sites is 1. The van der Waals surface area contributed by atoms with Crippen molar-refractivity contribution >= 4 is 40.5 Å². The molecule has 0 saturated carbocycles. The number of ether oxygens (including phenoxy) is 1. The molecule has 156 valence electrons. The van der Waals surface area contributed by atoms with Gasteiger partial charge in [0.2, 0.25) is 0 Å². The van der Waals surface area contributed by atoms with Gasteiger partial charge in [-0.05, 0) is 31.2 Å². The summed E-state index contributed by atoms with van der Waals surface area (Å²) in [7, 11) is 0. The zero-order valence-corrected chi connectivity index (χ0v) is 17.0. The highest BCUT2D eigenvalue weighted by atomic mass is 35.5. The van der Waals surface area contributed by atoms with Crippen LogP contribution >= 0.6 is 22.9 Å². The Morgan fingerprint density at radius 1 is 1.13 bits per heavy atom. The third-order valence-corrected chi connectivity index (χ3v) is 5.35. The van der Waals surface area contributed by atoms with E-state index in [9.17, 15) is 22.8 Å². The first kappa shape index (κ1) is 21.8. The number of esters is 1. The van der Waals surface area contributed by atoms with Crippen molar-refractivity contribution in [2.45, 2.75) is 13.1 Å². The summed E-state index contributed by atoms with van der Waals surface area (Å²) in [6.45, 7) is 0.880. The number of aryl methyl sites for hydroxylation is 1. The Bertz CT molecular complexity index is 1080. The number of alkyl halides is 3. The molecule has 0 aliphatic rings. The van der Waals surface area contributed by atoms with Crippen LogP contribution in [-0.4, -0.2) is 23.5 Å². The van der Waals surface area contributed by atoms with Crippen LogP contribution in [0.5, 0.6) is 0 Å². The van der Waals surface area contributed by atoms with E-state index in [0.29, 0.717) is 15.7 Å². The van der Waals surface area contributed by atoms with Gasteiger partial charge in [-0.2, -0.15) is 13.2 Å². The second-order valence-corrected chi connectivity index (χ2v) is 7.54. The van der Waals surface area contributed by atoms with Crippen LogP contribution in [0.3, 0.4) is 0 Å². The van der Waals surface area contributed by atoms with Crippen LogP contribution in [-0.2, 0) is 15.7 Å². The third kappa shape index (κ3) is 5.17. The number of rotatable bonds is 5. The van der Waals surface area contributed by atoms with Crippen LogP contribution in [0.2, 0.25) is 5.02 Å². The van der Waals surface area contributed by atoms with E-state index in [2.05, 4.69) is 10.3 Å². The minimum atomic E-state index is -4.63. The lowest BCUT2D eigenvalue weighted by molar-refractivity contribution is -0.137. The smallest absolute Gasteiger partial charge is 0.418 e. The van der Waals surface area contributed by atoms with Crippen molar-refractivity contribution in [2.75, 3.05) is 11.9 Å². The molecule has 1 heterocycles. The van der Waals surface area contributed by atoms with Gasteiger partial charge in [-0.3, -0.25) is 4.79 Å². The lowest BCUT2D eigenvalue weighted by atomic mass is 10.1. The maximum atomic E-state index is 13.0. The Morgan fingerprint density at radius 3 is 2.47 bits per heavy atom. The lowest BCUT2D eigenvalue weighted by Crippen LogP contribution is -2.22. The quantitative estimate of drug-likeness (QED) is 0.510. The maximum absolute atomic E-state index is 13.0. The number of aromatic nitrogens is 1. The SMILES string of the molecule is Cc1nc(-c2ccc(Cl)cc2)sc1C(=O)OCC(=O)Nc1ccccc1C(F)(F)F. The molecule has 1 aromatic heterocycles. The van der Waals surface area contributed by atoms with Crippen LogP contribution in [0.4, 0.5) is 18.9 Å². The summed E-state index contributed by atoms with van der Waals surface area (Å²) in [5.41, 5.74) is -0.230. The third-order valence-electron chi connectivity index (χ3n) is 3.91. The molecule has 0 radical (unpaired) electrons. The molecular weight excluding hydrogens is 441 g/mol. The fourth-order valence-electron chi connectivity index (χ4n) is 2.52. The number of amides is 1. The summed E-state index contributed by atoms with van der Waals surface area (Å²) in [4.78, 5) is 28.8. The number of thiazole rings is 1. The molecule has 0 saturated heterocycles. The molecule has 0 unspecified atom stereocenters. The minimum absolute atomic E-state index is 0.198. The van der Waals surface area contributed by atoms with Crippen LogP contribution in [0.15, 0.2) is 48.5 Å². The Labute approximate surface area is 178 Å². The first-order chi connectivity index (χ1) is 14.1. The highest BCUT2D eigenvalue weighted by molar-refractivity contribution is 7.17. The van der Waals surface area contributed by atoms with Gasteiger partial charge in [0.25, 0.3) is 5.91 Å². The van der Waals surface area contributed by atoms with E-state index in [1.165, 1.54) is 12.1 Å². The zero-order valence-electron chi connectivity index (χ0n) is 15.4. The summed E-state index contributed by atoms with van der Waals surface area (Å²) in [5, 5.41) is 3.24. The molecule has 30 heavy (non-hydrogen) atoms. The first-order valence-corrected chi connectivity index (χ1v) is 9.71. The standard InChI is InChI=1S/C20H14ClF3N2O3S/c1-11-17(30-18(25-11)12-6-8-13(21)9-7-12)19(28)29-10-16(27)26-15-5-3-2-4-14(15)20(22,23)24/h2-9H,10H2,1H3,(H,26,27). The van der Waals surface area contributed by atoms with E-state index in [-0.39, 0.29) is 4.88 Å². The number of anilines is 1. The topological polar surface area (TPSA) is 68.3 Å². The highest BCUT2D eigenvalue weighted by Crippen LogP contribution is 2.34. The average Bonchev–Trinajstić information content (AvgIpc) is 3.08. The molecule has 0 aliphatic heterocycles. The van der Waals surface area contributed by atoms with E-state index < -0.39 is 35.9 Å². The molecule has 3 rings (SSSR count). The molecule has 0 fully saturated rings. The number of hydrogen-bond donors (Lipinski definition) is 1. The van der Waals surface area contributed by atoms with E-state index in [1.54, 1.807) is 31.2 Å². The molecule has 0 bridgehead atoms. The Hall–Kier alpha value is -2.91. The number of halogens is 4. The summed E-state index contributed by atoms with van der Waals surface area (Å²) >= 11 is 6.94. The van der Waals surface area contributed by atoms with Crippen molar-refractivity contribution < 1.29 is 27.5 Å². The van der Waals surface area contributed by atoms with Gasteiger partial charge in [-0.25, -0.2) is 9.78 Å². The van der Waals surface area contributed by atoms with E-state index in [4.69, 9.17) is 16.3 Å². The molecular formula is C20H14ClF3N2O3S. The van der Waals surface area contributed by atoms with Gasteiger partial charge in [-0.1, -0.05) is 35.9 Å². The minimum Gasteiger partial charge on any atom is -0.451 e. The molecule has 5 nitrogen and oxygen atoms in total.